The van der Waals surface area contributed by atoms with E-state index in [0.717, 1.165) is 22.4 Å². The number of thiophene rings is 1. The van der Waals surface area contributed by atoms with Crippen molar-refractivity contribution in [3.05, 3.63) is 46.8 Å². The van der Waals surface area contributed by atoms with Gasteiger partial charge >= 0.3 is 0 Å². The van der Waals surface area contributed by atoms with E-state index in [4.69, 9.17) is 0 Å². The van der Waals surface area contributed by atoms with Crippen LogP contribution in [-0.4, -0.2) is 6.04 Å². The molecule has 0 atom stereocenters. The van der Waals surface area contributed by atoms with Crippen molar-refractivity contribution in [2.24, 2.45) is 0 Å². The van der Waals surface area contributed by atoms with Gasteiger partial charge in [-0.05, 0) is 29.8 Å². The van der Waals surface area contributed by atoms with E-state index < -0.39 is 11.6 Å². The quantitative estimate of drug-likeness (QED) is 0.875. The number of benzene rings is 1. The normalized spacial score (nSPS) is 11.2. The molecule has 0 aliphatic carbocycles. The molecule has 0 saturated heterocycles. The third kappa shape index (κ3) is 3.37. The summed E-state index contributed by atoms with van der Waals surface area (Å²) in [4.78, 5) is 2.04. The topological polar surface area (TPSA) is 12.0 Å². The van der Waals surface area contributed by atoms with Gasteiger partial charge in [0.1, 0.15) is 11.6 Å². The molecule has 0 unspecified atom stereocenters. The van der Waals surface area contributed by atoms with E-state index in [1.165, 1.54) is 12.1 Å². The summed E-state index contributed by atoms with van der Waals surface area (Å²) < 4.78 is 26.3. The maximum absolute atomic E-state index is 13.1. The van der Waals surface area contributed by atoms with Crippen molar-refractivity contribution in [3.8, 4) is 10.4 Å². The third-order valence-corrected chi connectivity index (χ3v) is 3.63. The largest absolute Gasteiger partial charge is 0.310 e. The van der Waals surface area contributed by atoms with Gasteiger partial charge in [-0.25, -0.2) is 8.78 Å². The molecule has 1 aromatic carbocycles. The lowest BCUT2D eigenvalue weighted by molar-refractivity contribution is 0.584. The van der Waals surface area contributed by atoms with Crippen molar-refractivity contribution in [1.82, 2.24) is 5.32 Å². The molecule has 1 N–H and O–H groups in total. The summed E-state index contributed by atoms with van der Waals surface area (Å²) >= 11 is 1.55. The first-order chi connectivity index (χ1) is 8.54. The number of rotatable bonds is 4. The molecule has 0 fully saturated rings. The molecular weight excluding hydrogens is 252 g/mol. The smallest absolute Gasteiger partial charge is 0.126 e. The maximum atomic E-state index is 13.1. The van der Waals surface area contributed by atoms with Crippen LogP contribution in [0.15, 0.2) is 30.3 Å². The zero-order valence-corrected chi connectivity index (χ0v) is 11.2. The van der Waals surface area contributed by atoms with E-state index in [-0.39, 0.29) is 0 Å². The predicted octanol–water partition coefficient (Wildman–Crippen LogP) is 4.19. The molecule has 0 radical (unpaired) electrons. The van der Waals surface area contributed by atoms with Crippen molar-refractivity contribution >= 4 is 11.3 Å². The fourth-order valence-electron chi connectivity index (χ4n) is 1.63. The molecule has 0 bridgehead atoms. The van der Waals surface area contributed by atoms with Gasteiger partial charge in [0, 0.05) is 28.4 Å². The van der Waals surface area contributed by atoms with Gasteiger partial charge in [-0.1, -0.05) is 13.8 Å². The summed E-state index contributed by atoms with van der Waals surface area (Å²) in [7, 11) is 0. The van der Waals surface area contributed by atoms with Crippen LogP contribution in [0.1, 0.15) is 18.7 Å². The van der Waals surface area contributed by atoms with Crippen LogP contribution in [0, 0.1) is 11.6 Å². The van der Waals surface area contributed by atoms with Gasteiger partial charge in [-0.15, -0.1) is 11.3 Å². The van der Waals surface area contributed by atoms with E-state index in [2.05, 4.69) is 19.2 Å². The van der Waals surface area contributed by atoms with E-state index in [9.17, 15) is 8.78 Å². The Hall–Kier alpha value is -1.26. The van der Waals surface area contributed by atoms with Crippen LogP contribution in [-0.2, 0) is 6.54 Å². The summed E-state index contributed by atoms with van der Waals surface area (Å²) in [6.45, 7) is 4.94. The van der Waals surface area contributed by atoms with Gasteiger partial charge in [-0.3, -0.25) is 0 Å². The SMILES string of the molecule is CC(C)NCc1ccc(-c2cc(F)cc(F)c2)s1. The summed E-state index contributed by atoms with van der Waals surface area (Å²) in [5, 5.41) is 3.31. The summed E-state index contributed by atoms with van der Waals surface area (Å²) in [5.41, 5.74) is 0.591. The monoisotopic (exact) mass is 267 g/mol. The van der Waals surface area contributed by atoms with Gasteiger partial charge in [-0.2, -0.15) is 0 Å². The second-order valence-electron chi connectivity index (χ2n) is 4.46. The molecule has 0 amide bonds. The number of hydrogen-bond acceptors (Lipinski definition) is 2. The highest BCUT2D eigenvalue weighted by molar-refractivity contribution is 7.15. The molecule has 0 aliphatic rings. The Labute approximate surface area is 109 Å². The first kappa shape index (κ1) is 13.2. The van der Waals surface area contributed by atoms with Crippen molar-refractivity contribution < 1.29 is 8.78 Å². The molecule has 0 spiro atoms. The lowest BCUT2D eigenvalue weighted by atomic mass is 10.2. The van der Waals surface area contributed by atoms with Crippen LogP contribution in [0.25, 0.3) is 10.4 Å². The third-order valence-electron chi connectivity index (χ3n) is 2.49. The summed E-state index contributed by atoms with van der Waals surface area (Å²) in [6.07, 6.45) is 0. The highest BCUT2D eigenvalue weighted by Gasteiger charge is 2.06. The summed E-state index contributed by atoms with van der Waals surface area (Å²) in [5.74, 6) is -1.08. The first-order valence-corrected chi connectivity index (χ1v) is 6.65. The minimum Gasteiger partial charge on any atom is -0.310 e. The second-order valence-corrected chi connectivity index (χ2v) is 5.63. The molecule has 1 aromatic heterocycles. The van der Waals surface area contributed by atoms with Crippen LogP contribution in [0.5, 0.6) is 0 Å². The Morgan fingerprint density at radius 1 is 1.11 bits per heavy atom. The molecule has 0 saturated carbocycles. The molecule has 2 rings (SSSR count). The fraction of sp³-hybridized carbons (Fsp3) is 0.286. The summed E-state index contributed by atoms with van der Waals surface area (Å²) in [6, 6.07) is 7.90. The van der Waals surface area contributed by atoms with E-state index in [1.807, 2.05) is 12.1 Å². The fourth-order valence-corrected chi connectivity index (χ4v) is 2.57. The Kier molecular flexibility index (Phi) is 4.09. The average Bonchev–Trinajstić information content (AvgIpc) is 2.73. The molecule has 96 valence electrons. The van der Waals surface area contributed by atoms with Crippen molar-refractivity contribution in [2.45, 2.75) is 26.4 Å². The molecule has 18 heavy (non-hydrogen) atoms. The first-order valence-electron chi connectivity index (χ1n) is 5.83. The minimum absolute atomic E-state index is 0.419. The Balaban J connectivity index is 2.18. The van der Waals surface area contributed by atoms with Crippen LogP contribution >= 0.6 is 11.3 Å². The van der Waals surface area contributed by atoms with Crippen LogP contribution in [0.3, 0.4) is 0 Å². The van der Waals surface area contributed by atoms with Crippen molar-refractivity contribution in [3.63, 3.8) is 0 Å². The lowest BCUT2D eigenvalue weighted by Crippen LogP contribution is -2.21. The Morgan fingerprint density at radius 3 is 2.39 bits per heavy atom. The van der Waals surface area contributed by atoms with Crippen LogP contribution in [0.2, 0.25) is 0 Å². The zero-order valence-electron chi connectivity index (χ0n) is 10.3. The number of hydrogen-bond donors (Lipinski definition) is 1. The molecule has 4 heteroatoms. The number of halogens is 2. The predicted molar refractivity (Wildman–Crippen MR) is 71.6 cm³/mol. The van der Waals surface area contributed by atoms with Crippen molar-refractivity contribution in [2.75, 3.05) is 0 Å². The highest BCUT2D eigenvalue weighted by Crippen LogP contribution is 2.29. The van der Waals surface area contributed by atoms with Gasteiger partial charge in [0.05, 0.1) is 0 Å². The van der Waals surface area contributed by atoms with E-state index >= 15 is 0 Å². The van der Waals surface area contributed by atoms with Crippen LogP contribution in [0.4, 0.5) is 8.78 Å². The van der Waals surface area contributed by atoms with Gasteiger partial charge in [0.15, 0.2) is 0 Å². The Bertz CT molecular complexity index is 514. The molecule has 2 aromatic rings. The minimum atomic E-state index is -0.541. The molecule has 1 nitrogen and oxygen atoms in total. The average molecular weight is 267 g/mol. The van der Waals surface area contributed by atoms with Crippen molar-refractivity contribution in [1.29, 1.82) is 0 Å². The van der Waals surface area contributed by atoms with E-state index in [0.29, 0.717) is 11.6 Å². The second kappa shape index (κ2) is 5.59. The zero-order chi connectivity index (χ0) is 13.1. The van der Waals surface area contributed by atoms with Gasteiger partial charge in [0.25, 0.3) is 0 Å². The molecule has 1 heterocycles. The highest BCUT2D eigenvalue weighted by atomic mass is 32.1. The van der Waals surface area contributed by atoms with Gasteiger partial charge in [0.2, 0.25) is 0 Å². The maximum Gasteiger partial charge on any atom is 0.126 e. The number of nitrogens with one attached hydrogen (secondary N) is 1. The molecule has 0 aliphatic heterocycles. The van der Waals surface area contributed by atoms with Gasteiger partial charge < -0.3 is 5.32 Å². The van der Waals surface area contributed by atoms with Crippen LogP contribution < -0.4 is 5.32 Å². The standard InChI is InChI=1S/C14H15F2NS/c1-9(2)17-8-13-3-4-14(18-13)10-5-11(15)7-12(16)6-10/h3-7,9,17H,8H2,1-2H3. The Morgan fingerprint density at radius 2 is 1.78 bits per heavy atom. The lowest BCUT2D eigenvalue weighted by Gasteiger charge is -2.05. The van der Waals surface area contributed by atoms with E-state index in [1.54, 1.807) is 11.3 Å². The molecular formula is C14H15F2NS.